The molecular weight excluding hydrogens is 430 g/mol. The molecule has 4 aromatic rings. The normalized spacial score (nSPS) is 12.3. The van der Waals surface area contributed by atoms with Crippen LogP contribution in [0.5, 0.6) is 5.88 Å². The van der Waals surface area contributed by atoms with E-state index in [0.29, 0.717) is 22.6 Å². The standard InChI is InChI=1S/C19H10F6N4O2/c20-18(21,22)10-5-9(6-11(7-10)19(23,24)25)17(30)31-15-8-14(28-29-15)16-26-12-3-1-2-4-13(12)27-16/h1-8H,(H,26,27)(H,28,29). The summed E-state index contributed by atoms with van der Waals surface area (Å²) in [6, 6.07) is 8.80. The van der Waals surface area contributed by atoms with E-state index in [-0.39, 0.29) is 24.1 Å². The molecule has 2 aromatic heterocycles. The van der Waals surface area contributed by atoms with Crippen molar-refractivity contribution < 1.29 is 35.9 Å². The van der Waals surface area contributed by atoms with E-state index in [9.17, 15) is 31.1 Å². The fourth-order valence-corrected chi connectivity index (χ4v) is 2.78. The van der Waals surface area contributed by atoms with Gasteiger partial charge in [-0.15, -0.1) is 5.10 Å². The molecule has 2 aromatic carbocycles. The van der Waals surface area contributed by atoms with Crippen LogP contribution < -0.4 is 4.74 Å². The summed E-state index contributed by atoms with van der Waals surface area (Å²) in [7, 11) is 0. The highest BCUT2D eigenvalue weighted by atomic mass is 19.4. The van der Waals surface area contributed by atoms with Gasteiger partial charge < -0.3 is 9.72 Å². The first kappa shape index (κ1) is 20.4. The molecule has 0 saturated heterocycles. The Hall–Kier alpha value is -3.83. The first-order valence-electron chi connectivity index (χ1n) is 8.53. The molecular formula is C19H10F6N4O2. The van der Waals surface area contributed by atoms with Crippen molar-refractivity contribution in [2.75, 3.05) is 0 Å². The lowest BCUT2D eigenvalue weighted by Crippen LogP contribution is -2.16. The van der Waals surface area contributed by atoms with Gasteiger partial charge in [-0.05, 0) is 30.3 Å². The molecule has 0 unspecified atom stereocenters. The fourth-order valence-electron chi connectivity index (χ4n) is 2.78. The van der Waals surface area contributed by atoms with Crippen LogP contribution in [0.1, 0.15) is 21.5 Å². The number of carbonyl (C=O) groups is 1. The van der Waals surface area contributed by atoms with Gasteiger partial charge in [-0.1, -0.05) is 12.1 Å². The Morgan fingerprint density at radius 2 is 1.55 bits per heavy atom. The number of para-hydroxylation sites is 2. The third-order valence-corrected chi connectivity index (χ3v) is 4.22. The summed E-state index contributed by atoms with van der Waals surface area (Å²) < 4.78 is 82.6. The van der Waals surface area contributed by atoms with Crippen molar-refractivity contribution in [1.82, 2.24) is 20.2 Å². The quantitative estimate of drug-likeness (QED) is 0.339. The van der Waals surface area contributed by atoms with Crippen LogP contribution in [0, 0.1) is 0 Å². The number of H-pyrrole nitrogens is 2. The number of nitrogens with zero attached hydrogens (tertiary/aromatic N) is 2. The van der Waals surface area contributed by atoms with Crippen LogP contribution in [0.25, 0.3) is 22.6 Å². The zero-order valence-corrected chi connectivity index (χ0v) is 15.1. The Balaban J connectivity index is 1.61. The third-order valence-electron chi connectivity index (χ3n) is 4.22. The Bertz CT molecular complexity index is 1210. The zero-order valence-electron chi connectivity index (χ0n) is 15.1. The van der Waals surface area contributed by atoms with Gasteiger partial charge in [0, 0.05) is 6.07 Å². The van der Waals surface area contributed by atoms with E-state index < -0.39 is 35.0 Å². The van der Waals surface area contributed by atoms with Crippen LogP contribution in [0.15, 0.2) is 48.5 Å². The van der Waals surface area contributed by atoms with Gasteiger partial charge in [0.25, 0.3) is 0 Å². The second kappa shape index (κ2) is 7.15. The van der Waals surface area contributed by atoms with E-state index in [0.717, 1.165) is 0 Å². The molecule has 0 aliphatic heterocycles. The topological polar surface area (TPSA) is 83.7 Å². The number of carbonyl (C=O) groups excluding carboxylic acids is 1. The van der Waals surface area contributed by atoms with Crippen molar-refractivity contribution in [2.24, 2.45) is 0 Å². The van der Waals surface area contributed by atoms with Crippen LogP contribution >= 0.6 is 0 Å². The fraction of sp³-hybridized carbons (Fsp3) is 0.105. The van der Waals surface area contributed by atoms with Crippen molar-refractivity contribution in [2.45, 2.75) is 12.4 Å². The van der Waals surface area contributed by atoms with Gasteiger partial charge in [-0.25, -0.2) is 9.78 Å². The van der Waals surface area contributed by atoms with Gasteiger partial charge in [-0.2, -0.15) is 26.3 Å². The average Bonchev–Trinajstić information content (AvgIpc) is 3.32. The molecule has 0 fully saturated rings. The summed E-state index contributed by atoms with van der Waals surface area (Å²) in [5, 5.41) is 6.23. The van der Waals surface area contributed by atoms with Crippen molar-refractivity contribution in [3.05, 3.63) is 65.2 Å². The van der Waals surface area contributed by atoms with Crippen molar-refractivity contribution >= 4 is 17.0 Å². The van der Waals surface area contributed by atoms with Crippen LogP contribution in [0.4, 0.5) is 26.3 Å². The highest BCUT2D eigenvalue weighted by molar-refractivity contribution is 5.91. The van der Waals surface area contributed by atoms with Gasteiger partial charge in [0.1, 0.15) is 5.69 Å². The molecule has 4 rings (SSSR count). The van der Waals surface area contributed by atoms with E-state index in [2.05, 4.69) is 20.2 Å². The minimum absolute atomic E-state index is 0.0784. The zero-order chi connectivity index (χ0) is 22.4. The molecule has 0 aliphatic carbocycles. The largest absolute Gasteiger partial charge is 0.416 e. The molecule has 6 nitrogen and oxygen atoms in total. The second-order valence-electron chi connectivity index (χ2n) is 6.41. The first-order valence-corrected chi connectivity index (χ1v) is 8.53. The Morgan fingerprint density at radius 3 is 2.16 bits per heavy atom. The number of imidazole rings is 1. The highest BCUT2D eigenvalue weighted by Gasteiger charge is 2.37. The SMILES string of the molecule is O=C(Oc1cc(-c2nc3ccccc3[nH]2)[nH]n1)c1cc(C(F)(F)F)cc(C(F)(F)F)c1. The van der Waals surface area contributed by atoms with Gasteiger partial charge in [-0.3, -0.25) is 5.10 Å². The van der Waals surface area contributed by atoms with E-state index in [1.807, 2.05) is 0 Å². The number of benzene rings is 2. The molecule has 0 bridgehead atoms. The number of ether oxygens (including phenoxy) is 1. The van der Waals surface area contributed by atoms with E-state index in [1.54, 1.807) is 24.3 Å². The van der Waals surface area contributed by atoms with Gasteiger partial charge in [0.05, 0.1) is 27.7 Å². The van der Waals surface area contributed by atoms with Crippen LogP contribution in [-0.4, -0.2) is 26.1 Å². The van der Waals surface area contributed by atoms with Crippen LogP contribution in [0.3, 0.4) is 0 Å². The number of aromatic nitrogens is 4. The summed E-state index contributed by atoms with van der Waals surface area (Å²) in [5.41, 5.74) is -2.52. The number of halogens is 6. The van der Waals surface area contributed by atoms with Gasteiger partial charge >= 0.3 is 18.3 Å². The molecule has 0 atom stereocenters. The van der Waals surface area contributed by atoms with Crippen molar-refractivity contribution in [3.8, 4) is 17.4 Å². The molecule has 0 radical (unpaired) electrons. The molecule has 160 valence electrons. The summed E-state index contributed by atoms with van der Waals surface area (Å²) in [6.45, 7) is 0. The summed E-state index contributed by atoms with van der Waals surface area (Å²) in [6.07, 6.45) is -10.2. The minimum atomic E-state index is -5.09. The Labute approximate surface area is 168 Å². The number of rotatable bonds is 3. The summed E-state index contributed by atoms with van der Waals surface area (Å²) in [4.78, 5) is 19.5. The number of esters is 1. The number of fused-ring (bicyclic) bond motifs is 1. The molecule has 12 heteroatoms. The predicted molar refractivity (Wildman–Crippen MR) is 95.1 cm³/mol. The Kier molecular flexibility index (Phi) is 4.71. The number of nitrogens with one attached hydrogen (secondary N) is 2. The summed E-state index contributed by atoms with van der Waals surface area (Å²) >= 11 is 0. The average molecular weight is 440 g/mol. The number of hydrogen-bond acceptors (Lipinski definition) is 4. The second-order valence-corrected chi connectivity index (χ2v) is 6.41. The number of aromatic amines is 2. The van der Waals surface area contributed by atoms with E-state index in [1.165, 1.54) is 6.07 Å². The summed E-state index contributed by atoms with van der Waals surface area (Å²) in [5.74, 6) is -1.44. The lowest BCUT2D eigenvalue weighted by Gasteiger charge is -2.13. The monoisotopic (exact) mass is 440 g/mol. The first-order chi connectivity index (χ1) is 14.5. The van der Waals surface area contributed by atoms with Gasteiger partial charge in [0.2, 0.25) is 5.88 Å². The lowest BCUT2D eigenvalue weighted by atomic mass is 10.0. The van der Waals surface area contributed by atoms with Crippen LogP contribution in [0.2, 0.25) is 0 Å². The number of hydrogen-bond donors (Lipinski definition) is 2. The molecule has 2 heterocycles. The maximum Gasteiger partial charge on any atom is 0.416 e. The molecule has 2 N–H and O–H groups in total. The molecule has 0 saturated carbocycles. The maximum absolute atomic E-state index is 13.0. The van der Waals surface area contributed by atoms with Gasteiger partial charge in [0.15, 0.2) is 5.82 Å². The minimum Gasteiger partial charge on any atom is -0.402 e. The Morgan fingerprint density at radius 1 is 0.903 bits per heavy atom. The highest BCUT2D eigenvalue weighted by Crippen LogP contribution is 2.36. The molecule has 0 aliphatic rings. The molecule has 31 heavy (non-hydrogen) atoms. The van der Waals surface area contributed by atoms with Crippen LogP contribution in [-0.2, 0) is 12.4 Å². The van der Waals surface area contributed by atoms with Crippen molar-refractivity contribution in [3.63, 3.8) is 0 Å². The van der Waals surface area contributed by atoms with E-state index in [4.69, 9.17) is 4.74 Å². The number of alkyl halides is 6. The molecule has 0 amide bonds. The maximum atomic E-state index is 13.0. The predicted octanol–water partition coefficient (Wildman–Crippen LogP) is 5.21. The van der Waals surface area contributed by atoms with Crippen molar-refractivity contribution in [1.29, 1.82) is 0 Å². The third kappa shape index (κ3) is 4.22. The smallest absolute Gasteiger partial charge is 0.402 e. The van der Waals surface area contributed by atoms with E-state index >= 15 is 0 Å². The molecule has 0 spiro atoms. The lowest BCUT2D eigenvalue weighted by molar-refractivity contribution is -0.143.